The summed E-state index contributed by atoms with van der Waals surface area (Å²) in [6.45, 7) is 8.56. The quantitative estimate of drug-likeness (QED) is 0.697. The van der Waals surface area contributed by atoms with Crippen LogP contribution in [0.1, 0.15) is 24.5 Å². The van der Waals surface area contributed by atoms with Crippen LogP contribution in [0.3, 0.4) is 0 Å². The summed E-state index contributed by atoms with van der Waals surface area (Å²) in [4.78, 5) is 29.7. The number of aryl methyl sites for hydroxylation is 2. The summed E-state index contributed by atoms with van der Waals surface area (Å²) in [5.74, 6) is -0.536. The maximum absolute atomic E-state index is 12.9. The average molecular weight is 488 g/mol. The summed E-state index contributed by atoms with van der Waals surface area (Å²) in [6, 6.07) is 11.1. The van der Waals surface area contributed by atoms with Gasteiger partial charge in [-0.15, -0.1) is 11.8 Å². The van der Waals surface area contributed by atoms with Gasteiger partial charge in [0.05, 0.1) is 21.6 Å². The van der Waals surface area contributed by atoms with Crippen molar-refractivity contribution >= 4 is 44.8 Å². The lowest BCUT2D eigenvalue weighted by Gasteiger charge is -2.37. The topological polar surface area (TPSA) is 86.8 Å². The number of sulfone groups is 1. The highest BCUT2D eigenvalue weighted by molar-refractivity contribution is 8.01. The SMILES string of the molecule is Cc1ccc(C)c(N2CCN(C(=O)CCS(=O)(=O)c3ccc4c(c3)NC(=O)[C@H](C)S4)CC2)c1. The number of anilines is 2. The molecule has 33 heavy (non-hydrogen) atoms. The van der Waals surface area contributed by atoms with E-state index in [0.29, 0.717) is 18.8 Å². The van der Waals surface area contributed by atoms with Crippen molar-refractivity contribution in [3.05, 3.63) is 47.5 Å². The van der Waals surface area contributed by atoms with E-state index in [1.807, 2.05) is 0 Å². The highest BCUT2D eigenvalue weighted by atomic mass is 32.2. The molecule has 7 nitrogen and oxygen atoms in total. The lowest BCUT2D eigenvalue weighted by molar-refractivity contribution is -0.131. The molecule has 2 aromatic carbocycles. The van der Waals surface area contributed by atoms with Crippen LogP contribution < -0.4 is 10.2 Å². The molecule has 176 valence electrons. The van der Waals surface area contributed by atoms with E-state index in [1.54, 1.807) is 24.0 Å². The summed E-state index contributed by atoms with van der Waals surface area (Å²) in [6.07, 6.45) is -0.0545. The number of piperazine rings is 1. The first-order valence-corrected chi connectivity index (χ1v) is 13.6. The van der Waals surface area contributed by atoms with Crippen molar-refractivity contribution in [2.75, 3.05) is 42.1 Å². The average Bonchev–Trinajstić information content (AvgIpc) is 2.79. The number of hydrogen-bond donors (Lipinski definition) is 1. The monoisotopic (exact) mass is 487 g/mol. The van der Waals surface area contributed by atoms with Gasteiger partial charge in [-0.25, -0.2) is 8.42 Å². The zero-order valence-electron chi connectivity index (χ0n) is 19.1. The summed E-state index contributed by atoms with van der Waals surface area (Å²) in [5.41, 5.74) is 4.12. The minimum Gasteiger partial charge on any atom is -0.368 e. The molecular formula is C24H29N3O4S2. The fourth-order valence-electron chi connectivity index (χ4n) is 4.14. The standard InChI is InChI=1S/C24H29N3O4S2/c1-16-4-5-17(2)21(14-16)26-9-11-27(12-10-26)23(28)8-13-33(30,31)19-6-7-22-20(15-19)25-24(29)18(3)32-22/h4-7,14-15,18H,8-13H2,1-3H3,(H,25,29)/t18-/m0/s1. The fraction of sp³-hybridized carbons (Fsp3) is 0.417. The number of thioether (sulfide) groups is 1. The van der Waals surface area contributed by atoms with Crippen molar-refractivity contribution in [3.63, 3.8) is 0 Å². The Labute approximate surface area is 199 Å². The van der Waals surface area contributed by atoms with Crippen LogP contribution in [0, 0.1) is 13.8 Å². The van der Waals surface area contributed by atoms with Gasteiger partial charge in [-0.05, 0) is 56.2 Å². The van der Waals surface area contributed by atoms with Crippen LogP contribution >= 0.6 is 11.8 Å². The van der Waals surface area contributed by atoms with Gasteiger partial charge >= 0.3 is 0 Å². The van der Waals surface area contributed by atoms with Crippen LogP contribution in [0.15, 0.2) is 46.2 Å². The number of hydrogen-bond acceptors (Lipinski definition) is 6. The van der Waals surface area contributed by atoms with Crippen LogP contribution in [0.4, 0.5) is 11.4 Å². The second-order valence-electron chi connectivity index (χ2n) is 8.63. The third-order valence-electron chi connectivity index (χ3n) is 6.16. The van der Waals surface area contributed by atoms with E-state index in [0.717, 1.165) is 18.0 Å². The summed E-state index contributed by atoms with van der Waals surface area (Å²) in [7, 11) is -3.64. The molecule has 1 N–H and O–H groups in total. The Hall–Kier alpha value is -2.52. The highest BCUT2D eigenvalue weighted by Crippen LogP contribution is 2.37. The highest BCUT2D eigenvalue weighted by Gasteiger charge is 2.27. The van der Waals surface area contributed by atoms with Gasteiger partial charge in [0.1, 0.15) is 0 Å². The number of nitrogens with zero attached hydrogens (tertiary/aromatic N) is 2. The number of carbonyl (C=O) groups is 2. The minimum atomic E-state index is -3.64. The van der Waals surface area contributed by atoms with Gasteiger partial charge < -0.3 is 15.1 Å². The molecule has 1 atom stereocenters. The number of benzene rings is 2. The van der Waals surface area contributed by atoms with Crippen molar-refractivity contribution in [2.24, 2.45) is 0 Å². The van der Waals surface area contributed by atoms with E-state index < -0.39 is 9.84 Å². The molecule has 0 bridgehead atoms. The van der Waals surface area contributed by atoms with E-state index >= 15 is 0 Å². The maximum Gasteiger partial charge on any atom is 0.237 e. The lowest BCUT2D eigenvalue weighted by atomic mass is 10.1. The van der Waals surface area contributed by atoms with E-state index in [4.69, 9.17) is 0 Å². The third-order valence-corrected chi connectivity index (χ3v) is 9.05. The zero-order valence-corrected chi connectivity index (χ0v) is 20.8. The van der Waals surface area contributed by atoms with Gasteiger partial charge in [-0.3, -0.25) is 9.59 Å². The minimum absolute atomic E-state index is 0.0545. The van der Waals surface area contributed by atoms with E-state index in [-0.39, 0.29) is 34.1 Å². The van der Waals surface area contributed by atoms with Gasteiger partial charge in [0.25, 0.3) is 0 Å². The normalized spacial score (nSPS) is 18.6. The third kappa shape index (κ3) is 5.19. The molecule has 2 aliphatic heterocycles. The van der Waals surface area contributed by atoms with Crippen LogP contribution in [0.25, 0.3) is 0 Å². The van der Waals surface area contributed by atoms with Crippen LogP contribution in [-0.2, 0) is 19.4 Å². The predicted molar refractivity (Wildman–Crippen MR) is 132 cm³/mol. The van der Waals surface area contributed by atoms with E-state index in [9.17, 15) is 18.0 Å². The molecule has 0 unspecified atom stereocenters. The summed E-state index contributed by atoms with van der Waals surface area (Å²) in [5, 5.41) is 2.54. The number of nitrogens with one attached hydrogen (secondary N) is 1. The first kappa shape index (κ1) is 23.6. The van der Waals surface area contributed by atoms with Crippen molar-refractivity contribution in [1.82, 2.24) is 4.90 Å². The molecule has 0 aromatic heterocycles. The molecule has 2 heterocycles. The Balaban J connectivity index is 1.35. The first-order valence-electron chi connectivity index (χ1n) is 11.1. The van der Waals surface area contributed by atoms with Crippen LogP contribution in [-0.4, -0.2) is 62.3 Å². The molecule has 2 aliphatic rings. The molecule has 4 rings (SSSR count). The largest absolute Gasteiger partial charge is 0.368 e. The van der Waals surface area contributed by atoms with Crippen molar-refractivity contribution in [2.45, 2.75) is 42.2 Å². The Morgan fingerprint density at radius 3 is 2.55 bits per heavy atom. The van der Waals surface area contributed by atoms with E-state index in [2.05, 4.69) is 42.3 Å². The molecule has 0 spiro atoms. The van der Waals surface area contributed by atoms with Gasteiger partial charge in [0.15, 0.2) is 9.84 Å². The smallest absolute Gasteiger partial charge is 0.237 e. The van der Waals surface area contributed by atoms with E-state index in [1.165, 1.54) is 34.6 Å². The van der Waals surface area contributed by atoms with Crippen LogP contribution in [0.2, 0.25) is 0 Å². The summed E-state index contributed by atoms with van der Waals surface area (Å²) < 4.78 is 25.7. The number of fused-ring (bicyclic) bond motifs is 1. The number of rotatable bonds is 5. The molecule has 0 saturated carbocycles. The van der Waals surface area contributed by atoms with Gasteiger partial charge in [-0.1, -0.05) is 12.1 Å². The zero-order chi connectivity index (χ0) is 23.8. The predicted octanol–water partition coefficient (Wildman–Crippen LogP) is 3.25. The molecule has 0 aliphatic carbocycles. The molecule has 1 fully saturated rings. The fourth-order valence-corrected chi connectivity index (χ4v) is 6.32. The Morgan fingerprint density at radius 2 is 1.82 bits per heavy atom. The van der Waals surface area contributed by atoms with Gasteiger partial charge in [0.2, 0.25) is 11.8 Å². The number of amides is 2. The molecule has 0 radical (unpaired) electrons. The first-order chi connectivity index (χ1) is 15.6. The van der Waals surface area contributed by atoms with Crippen molar-refractivity contribution in [1.29, 1.82) is 0 Å². The molecule has 1 saturated heterocycles. The summed E-state index contributed by atoms with van der Waals surface area (Å²) >= 11 is 1.40. The van der Waals surface area contributed by atoms with Crippen LogP contribution in [0.5, 0.6) is 0 Å². The van der Waals surface area contributed by atoms with Crippen molar-refractivity contribution in [3.8, 4) is 0 Å². The lowest BCUT2D eigenvalue weighted by Crippen LogP contribution is -2.49. The second-order valence-corrected chi connectivity index (χ2v) is 12.1. The molecule has 9 heteroatoms. The molecule has 2 aromatic rings. The Kier molecular flexibility index (Phi) is 6.72. The number of carbonyl (C=O) groups excluding carboxylic acids is 2. The maximum atomic E-state index is 12.9. The molecule has 2 amide bonds. The molecular weight excluding hydrogens is 458 g/mol. The second kappa shape index (κ2) is 9.38. The Bertz CT molecular complexity index is 1190. The van der Waals surface area contributed by atoms with Gasteiger partial charge in [-0.2, -0.15) is 0 Å². The van der Waals surface area contributed by atoms with Crippen molar-refractivity contribution < 1.29 is 18.0 Å². The van der Waals surface area contributed by atoms with Gasteiger partial charge in [0, 0.05) is 43.2 Å². The Morgan fingerprint density at radius 1 is 1.09 bits per heavy atom.